The molecule has 0 N–H and O–H groups in total. The SMILES string of the molecule is C[C@@H]1C[C@@]12CCCc1cnccc12. The number of aryl methyl sites for hydroxylation is 1. The number of nitrogens with zero attached hydrogens (tertiary/aromatic N) is 1. The average Bonchev–Trinajstić information content (AvgIpc) is 2.79. The molecule has 13 heavy (non-hydrogen) atoms. The summed E-state index contributed by atoms with van der Waals surface area (Å²) in [5, 5.41) is 0. The number of fused-ring (bicyclic) bond motifs is 2. The molecule has 0 bridgehead atoms. The largest absolute Gasteiger partial charge is 0.264 e. The van der Waals surface area contributed by atoms with Crippen LogP contribution in [0.3, 0.4) is 0 Å². The first-order valence-electron chi connectivity index (χ1n) is 5.26. The van der Waals surface area contributed by atoms with Gasteiger partial charge in [-0.2, -0.15) is 0 Å². The van der Waals surface area contributed by atoms with Gasteiger partial charge in [0.15, 0.2) is 0 Å². The van der Waals surface area contributed by atoms with Gasteiger partial charge in [0, 0.05) is 12.4 Å². The zero-order chi connectivity index (χ0) is 8.89. The van der Waals surface area contributed by atoms with Gasteiger partial charge in [-0.25, -0.2) is 0 Å². The molecule has 2 aliphatic rings. The van der Waals surface area contributed by atoms with E-state index in [9.17, 15) is 0 Å². The first kappa shape index (κ1) is 7.54. The van der Waals surface area contributed by atoms with Gasteiger partial charge in [-0.05, 0) is 54.2 Å². The molecule has 1 nitrogen and oxygen atoms in total. The monoisotopic (exact) mass is 173 g/mol. The van der Waals surface area contributed by atoms with Crippen LogP contribution in [0.2, 0.25) is 0 Å². The van der Waals surface area contributed by atoms with Crippen molar-refractivity contribution in [2.45, 2.75) is 38.0 Å². The lowest BCUT2D eigenvalue weighted by Gasteiger charge is -2.25. The highest BCUT2D eigenvalue weighted by atomic mass is 14.6. The van der Waals surface area contributed by atoms with Crippen LogP contribution in [0.15, 0.2) is 18.5 Å². The van der Waals surface area contributed by atoms with E-state index in [1.165, 1.54) is 31.2 Å². The van der Waals surface area contributed by atoms with Crippen molar-refractivity contribution in [2.75, 3.05) is 0 Å². The highest BCUT2D eigenvalue weighted by Gasteiger charge is 2.53. The van der Waals surface area contributed by atoms with Crippen LogP contribution >= 0.6 is 0 Å². The lowest BCUT2D eigenvalue weighted by molar-refractivity contribution is 0.507. The molecule has 0 aromatic carbocycles. The summed E-state index contributed by atoms with van der Waals surface area (Å²) < 4.78 is 0. The van der Waals surface area contributed by atoms with Crippen LogP contribution in [-0.2, 0) is 11.8 Å². The van der Waals surface area contributed by atoms with E-state index < -0.39 is 0 Å². The van der Waals surface area contributed by atoms with Crippen LogP contribution < -0.4 is 0 Å². The molecule has 1 spiro atoms. The number of hydrogen-bond acceptors (Lipinski definition) is 1. The summed E-state index contributed by atoms with van der Waals surface area (Å²) in [4.78, 5) is 4.22. The van der Waals surface area contributed by atoms with Crippen molar-refractivity contribution in [2.24, 2.45) is 5.92 Å². The van der Waals surface area contributed by atoms with Crippen LogP contribution in [-0.4, -0.2) is 4.98 Å². The number of rotatable bonds is 0. The summed E-state index contributed by atoms with van der Waals surface area (Å²) in [6.07, 6.45) is 9.45. The van der Waals surface area contributed by atoms with E-state index in [2.05, 4.69) is 24.2 Å². The average molecular weight is 173 g/mol. The van der Waals surface area contributed by atoms with Gasteiger partial charge in [-0.1, -0.05) is 6.92 Å². The predicted octanol–water partition coefficient (Wildman–Crippen LogP) is 2.70. The van der Waals surface area contributed by atoms with Crippen molar-refractivity contribution < 1.29 is 0 Å². The second kappa shape index (κ2) is 2.34. The van der Waals surface area contributed by atoms with Gasteiger partial charge in [0.2, 0.25) is 0 Å². The van der Waals surface area contributed by atoms with Gasteiger partial charge in [0.1, 0.15) is 0 Å². The lowest BCUT2D eigenvalue weighted by Crippen LogP contribution is -2.17. The van der Waals surface area contributed by atoms with E-state index >= 15 is 0 Å². The normalized spacial score (nSPS) is 35.9. The molecule has 1 fully saturated rings. The van der Waals surface area contributed by atoms with E-state index in [-0.39, 0.29) is 0 Å². The number of pyridine rings is 1. The van der Waals surface area contributed by atoms with Gasteiger partial charge in [-0.3, -0.25) is 4.98 Å². The number of hydrogen-bond donors (Lipinski definition) is 0. The molecule has 0 aliphatic heterocycles. The molecule has 0 saturated heterocycles. The summed E-state index contributed by atoms with van der Waals surface area (Å²) in [6.45, 7) is 2.38. The summed E-state index contributed by atoms with van der Waals surface area (Å²) in [5.41, 5.74) is 3.70. The van der Waals surface area contributed by atoms with E-state index in [1.54, 1.807) is 5.56 Å². The number of aromatic nitrogens is 1. The highest BCUT2D eigenvalue weighted by molar-refractivity contribution is 5.40. The molecule has 1 heterocycles. The van der Waals surface area contributed by atoms with Crippen LogP contribution in [0, 0.1) is 5.92 Å². The van der Waals surface area contributed by atoms with Gasteiger partial charge >= 0.3 is 0 Å². The third kappa shape index (κ3) is 0.903. The maximum Gasteiger partial charge on any atom is 0.0302 e. The van der Waals surface area contributed by atoms with Gasteiger partial charge in [0.25, 0.3) is 0 Å². The Balaban J connectivity index is 2.13. The lowest BCUT2D eigenvalue weighted by atomic mass is 9.80. The molecule has 0 unspecified atom stereocenters. The molecule has 3 rings (SSSR count). The minimum Gasteiger partial charge on any atom is -0.264 e. The standard InChI is InChI=1S/C12H15N/c1-9-7-12(9)5-2-3-10-8-13-6-4-11(10)12/h4,6,8-9H,2-3,5,7H2,1H3/t9-,12+/m1/s1. The highest BCUT2D eigenvalue weighted by Crippen LogP contribution is 2.59. The summed E-state index contributed by atoms with van der Waals surface area (Å²) in [5.74, 6) is 0.911. The Morgan fingerprint density at radius 3 is 3.15 bits per heavy atom. The second-order valence-corrected chi connectivity index (χ2v) is 4.65. The van der Waals surface area contributed by atoms with E-state index in [4.69, 9.17) is 0 Å². The Kier molecular flexibility index (Phi) is 1.36. The summed E-state index contributed by atoms with van der Waals surface area (Å²) in [6, 6.07) is 2.25. The van der Waals surface area contributed by atoms with Crippen molar-refractivity contribution in [1.82, 2.24) is 4.98 Å². The fraction of sp³-hybridized carbons (Fsp3) is 0.583. The molecule has 1 saturated carbocycles. The molecular weight excluding hydrogens is 158 g/mol. The minimum atomic E-state index is 0.580. The molecule has 68 valence electrons. The zero-order valence-corrected chi connectivity index (χ0v) is 8.09. The molecule has 2 atom stereocenters. The molecule has 2 aliphatic carbocycles. The van der Waals surface area contributed by atoms with Crippen LogP contribution in [0.4, 0.5) is 0 Å². The van der Waals surface area contributed by atoms with Crippen molar-refractivity contribution in [3.8, 4) is 0 Å². The zero-order valence-electron chi connectivity index (χ0n) is 8.09. The van der Waals surface area contributed by atoms with Crippen molar-refractivity contribution in [1.29, 1.82) is 0 Å². The first-order chi connectivity index (χ1) is 6.33. The van der Waals surface area contributed by atoms with Crippen molar-refractivity contribution in [3.63, 3.8) is 0 Å². The van der Waals surface area contributed by atoms with Crippen LogP contribution in [0.1, 0.15) is 37.3 Å². The fourth-order valence-electron chi connectivity index (χ4n) is 3.05. The molecule has 1 aromatic heterocycles. The summed E-state index contributed by atoms with van der Waals surface area (Å²) >= 11 is 0. The predicted molar refractivity (Wildman–Crippen MR) is 52.6 cm³/mol. The van der Waals surface area contributed by atoms with E-state index in [1.807, 2.05) is 6.20 Å². The molecule has 1 heteroatoms. The van der Waals surface area contributed by atoms with E-state index in [0.29, 0.717) is 5.41 Å². The van der Waals surface area contributed by atoms with Crippen molar-refractivity contribution >= 4 is 0 Å². The second-order valence-electron chi connectivity index (χ2n) is 4.65. The molecule has 1 aromatic rings. The topological polar surface area (TPSA) is 12.9 Å². The third-order valence-electron chi connectivity index (χ3n) is 3.96. The summed E-state index contributed by atoms with van der Waals surface area (Å²) in [7, 11) is 0. The third-order valence-corrected chi connectivity index (χ3v) is 3.96. The first-order valence-corrected chi connectivity index (χ1v) is 5.26. The Morgan fingerprint density at radius 1 is 1.54 bits per heavy atom. The Bertz CT molecular complexity index is 345. The maximum absolute atomic E-state index is 4.22. The smallest absolute Gasteiger partial charge is 0.0302 e. The maximum atomic E-state index is 4.22. The van der Waals surface area contributed by atoms with E-state index in [0.717, 1.165) is 5.92 Å². The molecule has 0 radical (unpaired) electrons. The fourth-order valence-corrected chi connectivity index (χ4v) is 3.05. The van der Waals surface area contributed by atoms with Gasteiger partial charge < -0.3 is 0 Å². The minimum absolute atomic E-state index is 0.580. The Morgan fingerprint density at radius 2 is 2.38 bits per heavy atom. The van der Waals surface area contributed by atoms with Gasteiger partial charge in [0.05, 0.1) is 0 Å². The Hall–Kier alpha value is -0.850. The van der Waals surface area contributed by atoms with Crippen LogP contribution in [0.5, 0.6) is 0 Å². The van der Waals surface area contributed by atoms with Crippen molar-refractivity contribution in [3.05, 3.63) is 29.6 Å². The van der Waals surface area contributed by atoms with Crippen LogP contribution in [0.25, 0.3) is 0 Å². The molecular formula is C12H15N. The quantitative estimate of drug-likeness (QED) is 0.588. The molecule has 0 amide bonds. The van der Waals surface area contributed by atoms with Gasteiger partial charge in [-0.15, -0.1) is 0 Å². The Labute approximate surface area is 79.2 Å².